The molecule has 1 saturated carbocycles. The summed E-state index contributed by atoms with van der Waals surface area (Å²) in [5.41, 5.74) is 2.59. The quantitative estimate of drug-likeness (QED) is 0.860. The standard InChI is InChI=1S/C15H21NO2/c1-11-5-2-3-6-13(11)10-16-14-8-4-7-12(9-14)15(17)18/h2-3,5-6,12,14,16H,4,7-10H2,1H3,(H,17,18). The van der Waals surface area contributed by atoms with Crippen LogP contribution in [-0.4, -0.2) is 17.1 Å². The number of nitrogens with one attached hydrogen (secondary N) is 1. The zero-order valence-corrected chi connectivity index (χ0v) is 10.9. The van der Waals surface area contributed by atoms with Crippen molar-refractivity contribution in [2.75, 3.05) is 0 Å². The molecule has 18 heavy (non-hydrogen) atoms. The first-order valence-electron chi connectivity index (χ1n) is 6.67. The molecule has 0 bridgehead atoms. The molecule has 2 unspecified atom stereocenters. The number of hydrogen-bond donors (Lipinski definition) is 2. The van der Waals surface area contributed by atoms with Crippen LogP contribution < -0.4 is 5.32 Å². The molecule has 1 aliphatic carbocycles. The number of hydrogen-bond acceptors (Lipinski definition) is 2. The van der Waals surface area contributed by atoms with Crippen LogP contribution >= 0.6 is 0 Å². The molecule has 0 amide bonds. The maximum atomic E-state index is 11.0. The van der Waals surface area contributed by atoms with Gasteiger partial charge in [-0.15, -0.1) is 0 Å². The van der Waals surface area contributed by atoms with Crippen LogP contribution in [0.5, 0.6) is 0 Å². The molecule has 0 heterocycles. The Bertz CT molecular complexity index is 417. The number of aryl methyl sites for hydroxylation is 1. The summed E-state index contributed by atoms with van der Waals surface area (Å²) < 4.78 is 0. The van der Waals surface area contributed by atoms with E-state index in [2.05, 4.69) is 24.4 Å². The highest BCUT2D eigenvalue weighted by molar-refractivity contribution is 5.70. The lowest BCUT2D eigenvalue weighted by Crippen LogP contribution is -2.36. The van der Waals surface area contributed by atoms with Gasteiger partial charge in [0.25, 0.3) is 0 Å². The van der Waals surface area contributed by atoms with Crippen molar-refractivity contribution in [3.8, 4) is 0 Å². The summed E-state index contributed by atoms with van der Waals surface area (Å²) in [6, 6.07) is 8.67. The Labute approximate surface area is 108 Å². The normalized spacial score (nSPS) is 23.8. The second kappa shape index (κ2) is 6.01. The van der Waals surface area contributed by atoms with Crippen LogP contribution in [0.15, 0.2) is 24.3 Å². The van der Waals surface area contributed by atoms with Gasteiger partial charge in [-0.3, -0.25) is 4.79 Å². The Morgan fingerprint density at radius 1 is 1.39 bits per heavy atom. The second-order valence-corrected chi connectivity index (χ2v) is 5.21. The van der Waals surface area contributed by atoms with Crippen molar-refractivity contribution in [2.45, 2.75) is 45.2 Å². The summed E-state index contributed by atoms with van der Waals surface area (Å²) in [6.07, 6.45) is 3.71. The van der Waals surface area contributed by atoms with Crippen molar-refractivity contribution in [3.63, 3.8) is 0 Å². The minimum atomic E-state index is -0.641. The zero-order valence-electron chi connectivity index (χ0n) is 10.9. The molecular weight excluding hydrogens is 226 g/mol. The Balaban J connectivity index is 1.87. The number of carboxylic acid groups (broad SMARTS) is 1. The molecule has 0 aromatic heterocycles. The fraction of sp³-hybridized carbons (Fsp3) is 0.533. The minimum Gasteiger partial charge on any atom is -0.481 e. The summed E-state index contributed by atoms with van der Waals surface area (Å²) >= 11 is 0. The highest BCUT2D eigenvalue weighted by Gasteiger charge is 2.26. The van der Waals surface area contributed by atoms with E-state index >= 15 is 0 Å². The van der Waals surface area contributed by atoms with E-state index in [-0.39, 0.29) is 5.92 Å². The smallest absolute Gasteiger partial charge is 0.306 e. The van der Waals surface area contributed by atoms with Gasteiger partial charge in [-0.1, -0.05) is 30.7 Å². The van der Waals surface area contributed by atoms with Gasteiger partial charge in [0.05, 0.1) is 5.92 Å². The van der Waals surface area contributed by atoms with E-state index in [9.17, 15) is 4.79 Å². The molecular formula is C15H21NO2. The molecule has 2 rings (SSSR count). The lowest BCUT2D eigenvalue weighted by Gasteiger charge is -2.27. The first-order valence-corrected chi connectivity index (χ1v) is 6.67. The third-order valence-corrected chi connectivity index (χ3v) is 3.87. The molecule has 1 aliphatic rings. The van der Waals surface area contributed by atoms with Crippen molar-refractivity contribution in [3.05, 3.63) is 35.4 Å². The molecule has 3 nitrogen and oxygen atoms in total. The molecule has 98 valence electrons. The topological polar surface area (TPSA) is 49.3 Å². The fourth-order valence-corrected chi connectivity index (χ4v) is 2.66. The van der Waals surface area contributed by atoms with E-state index in [1.165, 1.54) is 11.1 Å². The van der Waals surface area contributed by atoms with E-state index in [0.29, 0.717) is 6.04 Å². The number of aliphatic carboxylic acids is 1. The summed E-state index contributed by atoms with van der Waals surface area (Å²) in [6.45, 7) is 2.95. The van der Waals surface area contributed by atoms with Crippen molar-refractivity contribution >= 4 is 5.97 Å². The van der Waals surface area contributed by atoms with Gasteiger partial charge in [0, 0.05) is 12.6 Å². The van der Waals surface area contributed by atoms with Crippen LogP contribution in [0.25, 0.3) is 0 Å². The van der Waals surface area contributed by atoms with Gasteiger partial charge in [0.15, 0.2) is 0 Å². The summed E-state index contributed by atoms with van der Waals surface area (Å²) in [4.78, 5) is 11.0. The lowest BCUT2D eigenvalue weighted by atomic mass is 9.85. The lowest BCUT2D eigenvalue weighted by molar-refractivity contribution is -0.143. The summed E-state index contributed by atoms with van der Waals surface area (Å²) in [5.74, 6) is -0.800. The third-order valence-electron chi connectivity index (χ3n) is 3.87. The Kier molecular flexibility index (Phi) is 4.37. The number of carboxylic acids is 1. The molecule has 2 N–H and O–H groups in total. The van der Waals surface area contributed by atoms with Gasteiger partial charge in [-0.05, 0) is 37.3 Å². The predicted octanol–water partition coefficient (Wildman–Crippen LogP) is 2.73. The Morgan fingerprint density at radius 3 is 2.89 bits per heavy atom. The van der Waals surface area contributed by atoms with Crippen LogP contribution in [0.2, 0.25) is 0 Å². The molecule has 0 saturated heterocycles. The predicted molar refractivity (Wildman–Crippen MR) is 71.4 cm³/mol. The third kappa shape index (κ3) is 3.33. The maximum Gasteiger partial charge on any atom is 0.306 e. The SMILES string of the molecule is Cc1ccccc1CNC1CCCC(C(=O)O)C1. The number of benzene rings is 1. The minimum absolute atomic E-state index is 0.159. The molecule has 0 spiro atoms. The van der Waals surface area contributed by atoms with Crippen molar-refractivity contribution in [2.24, 2.45) is 5.92 Å². The van der Waals surface area contributed by atoms with Crippen LogP contribution in [-0.2, 0) is 11.3 Å². The number of rotatable bonds is 4. The van der Waals surface area contributed by atoms with Gasteiger partial charge in [-0.2, -0.15) is 0 Å². The molecule has 0 aliphatic heterocycles. The molecule has 2 atom stereocenters. The average molecular weight is 247 g/mol. The molecule has 1 aromatic carbocycles. The molecule has 1 aromatic rings. The van der Waals surface area contributed by atoms with Crippen LogP contribution in [0.1, 0.15) is 36.8 Å². The van der Waals surface area contributed by atoms with Gasteiger partial charge in [-0.25, -0.2) is 0 Å². The highest BCUT2D eigenvalue weighted by atomic mass is 16.4. The van der Waals surface area contributed by atoms with E-state index in [0.717, 1.165) is 32.2 Å². The van der Waals surface area contributed by atoms with Crippen molar-refractivity contribution < 1.29 is 9.90 Å². The van der Waals surface area contributed by atoms with Gasteiger partial charge >= 0.3 is 5.97 Å². The molecule has 0 radical (unpaired) electrons. The molecule has 3 heteroatoms. The van der Waals surface area contributed by atoms with E-state index in [4.69, 9.17) is 5.11 Å². The summed E-state index contributed by atoms with van der Waals surface area (Å²) in [7, 11) is 0. The monoisotopic (exact) mass is 247 g/mol. The van der Waals surface area contributed by atoms with Crippen LogP contribution in [0, 0.1) is 12.8 Å². The second-order valence-electron chi connectivity index (χ2n) is 5.21. The fourth-order valence-electron chi connectivity index (χ4n) is 2.66. The van der Waals surface area contributed by atoms with E-state index in [1.54, 1.807) is 0 Å². The maximum absolute atomic E-state index is 11.0. The summed E-state index contributed by atoms with van der Waals surface area (Å²) in [5, 5.41) is 12.6. The van der Waals surface area contributed by atoms with Gasteiger partial charge in [0.1, 0.15) is 0 Å². The molecule has 1 fully saturated rings. The average Bonchev–Trinajstić information content (AvgIpc) is 2.38. The van der Waals surface area contributed by atoms with E-state index in [1.807, 2.05) is 12.1 Å². The van der Waals surface area contributed by atoms with Crippen LogP contribution in [0.3, 0.4) is 0 Å². The zero-order chi connectivity index (χ0) is 13.0. The van der Waals surface area contributed by atoms with Gasteiger partial charge in [0.2, 0.25) is 0 Å². The first kappa shape index (κ1) is 13.1. The van der Waals surface area contributed by atoms with Crippen LogP contribution in [0.4, 0.5) is 0 Å². The first-order chi connectivity index (χ1) is 8.66. The van der Waals surface area contributed by atoms with Crippen molar-refractivity contribution in [1.29, 1.82) is 0 Å². The Morgan fingerprint density at radius 2 is 2.17 bits per heavy atom. The highest BCUT2D eigenvalue weighted by Crippen LogP contribution is 2.24. The number of carbonyl (C=O) groups is 1. The van der Waals surface area contributed by atoms with Crippen molar-refractivity contribution in [1.82, 2.24) is 5.32 Å². The van der Waals surface area contributed by atoms with Gasteiger partial charge < -0.3 is 10.4 Å². The van der Waals surface area contributed by atoms with E-state index < -0.39 is 5.97 Å². The Hall–Kier alpha value is -1.35. The largest absolute Gasteiger partial charge is 0.481 e.